The third-order valence-electron chi connectivity index (χ3n) is 5.49. The second kappa shape index (κ2) is 9.00. The van der Waals surface area contributed by atoms with E-state index in [9.17, 15) is 40.5 Å². The number of hydrogen-bond acceptors (Lipinski definition) is 12. The van der Waals surface area contributed by atoms with Crippen LogP contribution in [-0.4, -0.2) is 80.2 Å². The molecule has 34 heavy (non-hydrogen) atoms. The quantitative estimate of drug-likeness (QED) is 0.238. The van der Waals surface area contributed by atoms with Gasteiger partial charge in [0.2, 0.25) is 12.0 Å². The van der Waals surface area contributed by atoms with E-state index in [0.717, 1.165) is 12.1 Å². The molecule has 2 heterocycles. The Morgan fingerprint density at radius 1 is 0.941 bits per heavy atom. The van der Waals surface area contributed by atoms with Crippen molar-refractivity contribution in [2.75, 3.05) is 13.7 Å². The van der Waals surface area contributed by atoms with Gasteiger partial charge in [0.25, 0.3) is 0 Å². The van der Waals surface area contributed by atoms with Crippen LogP contribution in [0.15, 0.2) is 39.5 Å². The van der Waals surface area contributed by atoms with E-state index in [1.165, 1.54) is 25.3 Å². The minimum atomic E-state index is -1.78. The average Bonchev–Trinajstić information content (AvgIpc) is 2.82. The van der Waals surface area contributed by atoms with Crippen molar-refractivity contribution in [1.82, 2.24) is 0 Å². The second-order valence-electron chi connectivity index (χ2n) is 7.62. The van der Waals surface area contributed by atoms with Crippen LogP contribution in [0.1, 0.15) is 0 Å². The maximum absolute atomic E-state index is 12.7. The van der Waals surface area contributed by atoms with Crippen LogP contribution < -0.4 is 14.9 Å². The number of fused-ring (bicyclic) bond motifs is 1. The largest absolute Gasteiger partial charge is 0.504 e. The van der Waals surface area contributed by atoms with E-state index in [4.69, 9.17) is 18.6 Å². The molecule has 7 N–H and O–H groups in total. The van der Waals surface area contributed by atoms with Gasteiger partial charge < -0.3 is 54.4 Å². The molecule has 1 aromatic heterocycles. The maximum Gasteiger partial charge on any atom is 0.229 e. The van der Waals surface area contributed by atoms with Gasteiger partial charge in [0, 0.05) is 17.7 Å². The van der Waals surface area contributed by atoms with E-state index in [0.29, 0.717) is 5.56 Å². The third-order valence-corrected chi connectivity index (χ3v) is 5.49. The summed E-state index contributed by atoms with van der Waals surface area (Å²) in [5.74, 6) is -2.17. The topological polar surface area (TPSA) is 200 Å². The highest BCUT2D eigenvalue weighted by Crippen LogP contribution is 2.43. The molecule has 0 radical (unpaired) electrons. The minimum Gasteiger partial charge on any atom is -0.504 e. The highest BCUT2D eigenvalue weighted by Gasteiger charge is 2.45. The predicted molar refractivity (Wildman–Crippen MR) is 114 cm³/mol. The Bertz CT molecular complexity index is 1270. The maximum atomic E-state index is 12.7. The fourth-order valence-electron chi connectivity index (χ4n) is 3.62. The molecule has 3 aromatic rings. The SMILES string of the molecule is COc1cc(-c2cc(=O)c3c(O)c(O)c(OC4OC(CO)C(O)C(O)C4O)cc3o2)ccc1O. The number of methoxy groups -OCH3 is 1. The summed E-state index contributed by atoms with van der Waals surface area (Å²) in [6.45, 7) is -0.700. The number of phenolic OH excluding ortho intramolecular Hbond substituents is 3. The van der Waals surface area contributed by atoms with Crippen LogP contribution in [0.2, 0.25) is 0 Å². The van der Waals surface area contributed by atoms with Crippen molar-refractivity contribution in [3.63, 3.8) is 0 Å². The van der Waals surface area contributed by atoms with Crippen molar-refractivity contribution in [2.45, 2.75) is 30.7 Å². The first-order valence-corrected chi connectivity index (χ1v) is 10.0. The summed E-state index contributed by atoms with van der Waals surface area (Å²) in [6, 6.07) is 6.36. The van der Waals surface area contributed by atoms with Gasteiger partial charge >= 0.3 is 0 Å². The first kappa shape index (κ1) is 23.6. The first-order chi connectivity index (χ1) is 16.2. The fourth-order valence-corrected chi connectivity index (χ4v) is 3.62. The molecule has 1 aliphatic rings. The Labute approximate surface area is 191 Å². The van der Waals surface area contributed by atoms with Gasteiger partial charge in [-0.1, -0.05) is 0 Å². The molecular weight excluding hydrogens is 456 g/mol. The van der Waals surface area contributed by atoms with Crippen molar-refractivity contribution in [1.29, 1.82) is 0 Å². The molecule has 12 nitrogen and oxygen atoms in total. The molecule has 0 aliphatic carbocycles. The van der Waals surface area contributed by atoms with Gasteiger partial charge in [-0.25, -0.2) is 0 Å². The smallest absolute Gasteiger partial charge is 0.229 e. The van der Waals surface area contributed by atoms with Crippen molar-refractivity contribution >= 4 is 11.0 Å². The van der Waals surface area contributed by atoms with Gasteiger partial charge in [0.1, 0.15) is 41.1 Å². The zero-order valence-corrected chi connectivity index (χ0v) is 17.7. The van der Waals surface area contributed by atoms with E-state index in [1.54, 1.807) is 0 Å². The molecule has 2 aromatic carbocycles. The summed E-state index contributed by atoms with van der Waals surface area (Å²) in [5.41, 5.74) is -0.544. The first-order valence-electron chi connectivity index (χ1n) is 10.0. The van der Waals surface area contributed by atoms with Crippen molar-refractivity contribution in [2.24, 2.45) is 0 Å². The van der Waals surface area contributed by atoms with Gasteiger partial charge in [-0.3, -0.25) is 4.79 Å². The fraction of sp³-hybridized carbons (Fsp3) is 0.318. The van der Waals surface area contributed by atoms with Crippen LogP contribution in [-0.2, 0) is 4.74 Å². The lowest BCUT2D eigenvalue weighted by atomic mass is 9.99. The predicted octanol–water partition coefficient (Wildman–Crippen LogP) is -0.236. The Balaban J connectivity index is 1.77. The molecule has 0 amide bonds. The monoisotopic (exact) mass is 478 g/mol. The van der Waals surface area contributed by atoms with Gasteiger partial charge in [0.05, 0.1) is 13.7 Å². The molecule has 0 spiro atoms. The standard InChI is InChI=1S/C22H22O12/c1-31-12-4-8(2-3-9(12)24)11-5-10(25)16-13(32-11)6-14(17(26)19(16)28)33-22-21(30)20(29)18(27)15(7-23)34-22/h2-6,15,18,20-24,26-30H,7H2,1H3. The summed E-state index contributed by atoms with van der Waals surface area (Å²) >= 11 is 0. The number of phenols is 3. The Hall–Kier alpha value is -3.55. The molecular formula is C22H22O12. The number of hydrogen-bond donors (Lipinski definition) is 7. The van der Waals surface area contributed by atoms with Crippen molar-refractivity contribution in [3.05, 3.63) is 40.6 Å². The lowest BCUT2D eigenvalue weighted by Gasteiger charge is -2.39. The molecule has 4 rings (SSSR count). The van der Waals surface area contributed by atoms with Crippen LogP contribution in [0.25, 0.3) is 22.3 Å². The molecule has 0 bridgehead atoms. The summed E-state index contributed by atoms with van der Waals surface area (Å²) in [6.07, 6.45) is -8.07. The van der Waals surface area contributed by atoms with E-state index >= 15 is 0 Å². The van der Waals surface area contributed by atoms with E-state index in [-0.39, 0.29) is 28.2 Å². The molecule has 182 valence electrons. The number of aliphatic hydroxyl groups is 4. The number of benzene rings is 2. The Kier molecular flexibility index (Phi) is 6.25. The normalized spacial score (nSPS) is 24.8. The van der Waals surface area contributed by atoms with Gasteiger partial charge in [-0.15, -0.1) is 0 Å². The Morgan fingerprint density at radius 3 is 2.35 bits per heavy atom. The zero-order valence-electron chi connectivity index (χ0n) is 17.7. The minimum absolute atomic E-state index is 0.0414. The molecule has 1 fully saturated rings. The average molecular weight is 478 g/mol. The third kappa shape index (κ3) is 3.97. The molecule has 1 aliphatic heterocycles. The van der Waals surface area contributed by atoms with Gasteiger partial charge in [0.15, 0.2) is 28.4 Å². The Morgan fingerprint density at radius 2 is 1.68 bits per heavy atom. The number of aromatic hydroxyl groups is 3. The van der Waals surface area contributed by atoms with Crippen molar-refractivity contribution < 1.29 is 54.4 Å². The van der Waals surface area contributed by atoms with E-state index < -0.39 is 60.0 Å². The lowest BCUT2D eigenvalue weighted by molar-refractivity contribution is -0.277. The summed E-state index contributed by atoms with van der Waals surface area (Å²) < 4.78 is 21.4. The van der Waals surface area contributed by atoms with E-state index in [2.05, 4.69) is 0 Å². The van der Waals surface area contributed by atoms with Crippen LogP contribution in [0.4, 0.5) is 0 Å². The van der Waals surface area contributed by atoms with Crippen molar-refractivity contribution in [3.8, 4) is 40.1 Å². The second-order valence-corrected chi connectivity index (χ2v) is 7.62. The van der Waals surface area contributed by atoms with Crippen LogP contribution in [0, 0.1) is 0 Å². The zero-order chi connectivity index (χ0) is 24.7. The van der Waals surface area contributed by atoms with Gasteiger partial charge in [-0.05, 0) is 18.2 Å². The summed E-state index contributed by atoms with van der Waals surface area (Å²) in [4.78, 5) is 12.7. The molecule has 0 saturated carbocycles. The van der Waals surface area contributed by atoms with E-state index in [1.807, 2.05) is 0 Å². The van der Waals surface area contributed by atoms with Gasteiger partial charge in [-0.2, -0.15) is 0 Å². The number of aliphatic hydroxyl groups excluding tert-OH is 4. The van der Waals surface area contributed by atoms with Crippen LogP contribution >= 0.6 is 0 Å². The van der Waals surface area contributed by atoms with Crippen LogP contribution in [0.5, 0.6) is 28.7 Å². The summed E-state index contributed by atoms with van der Waals surface area (Å²) in [7, 11) is 1.35. The molecule has 12 heteroatoms. The molecule has 1 saturated heterocycles. The van der Waals surface area contributed by atoms with Crippen LogP contribution in [0.3, 0.4) is 0 Å². The number of ether oxygens (including phenoxy) is 3. The highest BCUT2D eigenvalue weighted by molar-refractivity contribution is 5.89. The highest BCUT2D eigenvalue weighted by atomic mass is 16.7. The molecule has 5 unspecified atom stereocenters. The number of rotatable bonds is 5. The lowest BCUT2D eigenvalue weighted by Crippen LogP contribution is -2.60. The summed E-state index contributed by atoms with van der Waals surface area (Å²) in [5, 5.41) is 69.5. The molecule has 5 atom stereocenters.